The van der Waals surface area contributed by atoms with Gasteiger partial charge in [0.2, 0.25) is 0 Å². The first-order chi connectivity index (χ1) is 6.75. The Morgan fingerprint density at radius 3 is 1.43 bits per heavy atom. The second kappa shape index (κ2) is 3.95. The van der Waals surface area contributed by atoms with E-state index in [1.807, 2.05) is 12.1 Å². The van der Waals surface area contributed by atoms with Crippen LogP contribution in [0.2, 0.25) is 10.3 Å². The summed E-state index contributed by atoms with van der Waals surface area (Å²) in [4.78, 5) is 7.97. The molecular weight excluding hydrogens is 219 g/mol. The van der Waals surface area contributed by atoms with Crippen molar-refractivity contribution in [2.45, 2.75) is 0 Å². The number of aromatic nitrogens is 2. The van der Waals surface area contributed by atoms with Crippen LogP contribution in [-0.2, 0) is 0 Å². The van der Waals surface area contributed by atoms with E-state index in [-0.39, 0.29) is 0 Å². The van der Waals surface area contributed by atoms with E-state index in [0.29, 0.717) is 10.3 Å². The summed E-state index contributed by atoms with van der Waals surface area (Å²) in [5.74, 6) is 0. The van der Waals surface area contributed by atoms with Gasteiger partial charge >= 0.3 is 0 Å². The molecule has 70 valence electrons. The lowest BCUT2D eigenvalue weighted by Gasteiger charge is -1.99. The van der Waals surface area contributed by atoms with Crippen molar-refractivity contribution < 1.29 is 0 Å². The lowest BCUT2D eigenvalue weighted by Crippen LogP contribution is -1.82. The number of halogens is 2. The highest BCUT2D eigenvalue weighted by molar-refractivity contribution is 6.29. The third kappa shape index (κ3) is 2.03. The molecule has 0 aliphatic heterocycles. The Hall–Kier alpha value is -1.12. The molecule has 2 rings (SSSR count). The molecule has 0 atom stereocenters. The molecule has 2 aromatic heterocycles. The van der Waals surface area contributed by atoms with E-state index < -0.39 is 0 Å². The fraction of sp³-hybridized carbons (Fsp3) is 0. The molecule has 0 saturated carbocycles. The first-order valence-corrected chi connectivity index (χ1v) is 4.75. The van der Waals surface area contributed by atoms with Gasteiger partial charge in [0, 0.05) is 23.5 Å². The Balaban J connectivity index is 2.40. The van der Waals surface area contributed by atoms with Crippen molar-refractivity contribution in [3.05, 3.63) is 47.0 Å². The van der Waals surface area contributed by atoms with Crippen molar-refractivity contribution in [1.29, 1.82) is 0 Å². The van der Waals surface area contributed by atoms with Crippen LogP contribution in [0.3, 0.4) is 0 Å². The van der Waals surface area contributed by atoms with E-state index >= 15 is 0 Å². The van der Waals surface area contributed by atoms with Gasteiger partial charge < -0.3 is 0 Å². The van der Waals surface area contributed by atoms with E-state index in [1.54, 1.807) is 24.5 Å². The van der Waals surface area contributed by atoms with Crippen LogP contribution < -0.4 is 0 Å². The number of hydrogen-bond acceptors (Lipinski definition) is 2. The van der Waals surface area contributed by atoms with Gasteiger partial charge in [0.05, 0.1) is 0 Å². The Morgan fingerprint density at radius 1 is 0.714 bits per heavy atom. The zero-order chi connectivity index (χ0) is 9.97. The minimum Gasteiger partial charge on any atom is -0.244 e. The fourth-order valence-corrected chi connectivity index (χ4v) is 1.32. The molecule has 2 nitrogen and oxygen atoms in total. The average Bonchev–Trinajstić information content (AvgIpc) is 2.21. The van der Waals surface area contributed by atoms with Crippen molar-refractivity contribution in [2.75, 3.05) is 0 Å². The number of nitrogens with zero attached hydrogens (tertiary/aromatic N) is 2. The normalized spacial score (nSPS) is 10.1. The van der Waals surface area contributed by atoms with Crippen LogP contribution in [0.4, 0.5) is 0 Å². The molecule has 0 aliphatic rings. The molecular formula is C10H6Cl2N2. The highest BCUT2D eigenvalue weighted by Crippen LogP contribution is 2.19. The Bertz CT molecular complexity index is 379. The monoisotopic (exact) mass is 224 g/mol. The average molecular weight is 225 g/mol. The van der Waals surface area contributed by atoms with Crippen LogP contribution in [0.1, 0.15) is 0 Å². The molecule has 14 heavy (non-hydrogen) atoms. The number of hydrogen-bond donors (Lipinski definition) is 0. The van der Waals surface area contributed by atoms with Crippen LogP contribution in [0.15, 0.2) is 36.7 Å². The molecule has 4 heteroatoms. The van der Waals surface area contributed by atoms with Crippen molar-refractivity contribution >= 4 is 23.2 Å². The summed E-state index contributed by atoms with van der Waals surface area (Å²) >= 11 is 11.4. The predicted octanol–water partition coefficient (Wildman–Crippen LogP) is 3.45. The highest BCUT2D eigenvalue weighted by atomic mass is 35.5. The Labute approximate surface area is 91.5 Å². The second-order valence-electron chi connectivity index (χ2n) is 2.74. The molecule has 0 bridgehead atoms. The maximum absolute atomic E-state index is 5.68. The van der Waals surface area contributed by atoms with E-state index in [4.69, 9.17) is 23.2 Å². The summed E-state index contributed by atoms with van der Waals surface area (Å²) < 4.78 is 0. The molecule has 0 saturated heterocycles. The minimum atomic E-state index is 0.482. The minimum absolute atomic E-state index is 0.482. The molecule has 0 amide bonds. The molecule has 0 N–H and O–H groups in total. The fourth-order valence-electron chi connectivity index (χ4n) is 1.09. The zero-order valence-corrected chi connectivity index (χ0v) is 8.63. The largest absolute Gasteiger partial charge is 0.244 e. The molecule has 0 unspecified atom stereocenters. The van der Waals surface area contributed by atoms with Gasteiger partial charge in [-0.3, -0.25) is 0 Å². The third-order valence-electron chi connectivity index (χ3n) is 1.79. The van der Waals surface area contributed by atoms with Crippen LogP contribution >= 0.6 is 23.2 Å². The van der Waals surface area contributed by atoms with Gasteiger partial charge in [-0.05, 0) is 24.3 Å². The maximum Gasteiger partial charge on any atom is 0.129 e. The summed E-state index contributed by atoms with van der Waals surface area (Å²) in [5.41, 5.74) is 1.94. The van der Waals surface area contributed by atoms with Gasteiger partial charge in [-0.2, -0.15) is 0 Å². The van der Waals surface area contributed by atoms with Gasteiger partial charge in [-0.25, -0.2) is 9.97 Å². The van der Waals surface area contributed by atoms with Gasteiger partial charge in [0.15, 0.2) is 0 Å². The summed E-state index contributed by atoms with van der Waals surface area (Å²) in [6.45, 7) is 0. The first-order valence-electron chi connectivity index (χ1n) is 3.99. The van der Waals surface area contributed by atoms with Crippen LogP contribution in [0.25, 0.3) is 11.1 Å². The van der Waals surface area contributed by atoms with E-state index in [0.717, 1.165) is 11.1 Å². The molecule has 0 aromatic carbocycles. The van der Waals surface area contributed by atoms with Crippen LogP contribution in [0, 0.1) is 0 Å². The zero-order valence-electron chi connectivity index (χ0n) is 7.11. The first kappa shape index (κ1) is 9.44. The van der Waals surface area contributed by atoms with Gasteiger partial charge in [0.1, 0.15) is 10.3 Å². The predicted molar refractivity (Wildman–Crippen MR) is 57.5 cm³/mol. The maximum atomic E-state index is 5.68. The lowest BCUT2D eigenvalue weighted by molar-refractivity contribution is 1.30. The van der Waals surface area contributed by atoms with Crippen molar-refractivity contribution in [2.24, 2.45) is 0 Å². The number of rotatable bonds is 1. The van der Waals surface area contributed by atoms with E-state index in [9.17, 15) is 0 Å². The lowest BCUT2D eigenvalue weighted by atomic mass is 10.1. The van der Waals surface area contributed by atoms with E-state index in [2.05, 4.69) is 9.97 Å². The van der Waals surface area contributed by atoms with Crippen molar-refractivity contribution in [3.8, 4) is 11.1 Å². The summed E-state index contributed by atoms with van der Waals surface area (Å²) in [6, 6.07) is 7.26. The standard InChI is InChI=1S/C10H6Cl2N2/c11-9-3-1-7(5-13-9)8-2-4-10(12)14-6-8/h1-6H. The number of pyridine rings is 2. The molecule has 2 aromatic rings. The summed E-state index contributed by atoms with van der Waals surface area (Å²) in [6.07, 6.45) is 3.40. The van der Waals surface area contributed by atoms with Crippen LogP contribution in [0.5, 0.6) is 0 Å². The van der Waals surface area contributed by atoms with Gasteiger partial charge in [-0.1, -0.05) is 23.2 Å². The molecule has 0 aliphatic carbocycles. The molecule has 0 radical (unpaired) electrons. The SMILES string of the molecule is Clc1ccc(-c2ccc(Cl)nc2)cn1. The smallest absolute Gasteiger partial charge is 0.129 e. The van der Waals surface area contributed by atoms with Crippen LogP contribution in [-0.4, -0.2) is 9.97 Å². The Kier molecular flexibility index (Phi) is 2.66. The second-order valence-corrected chi connectivity index (χ2v) is 3.51. The molecule has 0 fully saturated rings. The summed E-state index contributed by atoms with van der Waals surface area (Å²) in [5, 5.41) is 0.964. The van der Waals surface area contributed by atoms with E-state index in [1.165, 1.54) is 0 Å². The Morgan fingerprint density at radius 2 is 1.14 bits per heavy atom. The summed E-state index contributed by atoms with van der Waals surface area (Å²) in [7, 11) is 0. The quantitative estimate of drug-likeness (QED) is 0.694. The molecule has 0 spiro atoms. The van der Waals surface area contributed by atoms with Crippen molar-refractivity contribution in [3.63, 3.8) is 0 Å². The highest BCUT2D eigenvalue weighted by Gasteiger charge is 1.98. The third-order valence-corrected chi connectivity index (χ3v) is 2.24. The van der Waals surface area contributed by atoms with Gasteiger partial charge in [-0.15, -0.1) is 0 Å². The van der Waals surface area contributed by atoms with Gasteiger partial charge in [0.25, 0.3) is 0 Å². The van der Waals surface area contributed by atoms with Crippen molar-refractivity contribution in [1.82, 2.24) is 9.97 Å². The molecule has 2 heterocycles. The topological polar surface area (TPSA) is 25.8 Å².